The van der Waals surface area contributed by atoms with Gasteiger partial charge in [0.2, 0.25) is 0 Å². The van der Waals surface area contributed by atoms with Crippen LogP contribution in [-0.2, 0) is 4.74 Å². The van der Waals surface area contributed by atoms with Crippen LogP contribution in [0, 0.1) is 6.92 Å². The van der Waals surface area contributed by atoms with E-state index in [2.05, 4.69) is 26.6 Å². The lowest BCUT2D eigenvalue weighted by Crippen LogP contribution is -2.53. The summed E-state index contributed by atoms with van der Waals surface area (Å²) in [5, 5.41) is 6.47. The Labute approximate surface area is 140 Å². The van der Waals surface area contributed by atoms with E-state index in [1.807, 2.05) is 25.1 Å². The standard InChI is InChI=1S/C15H21BrN2O2.ClH/c1-11-8-12(4-5-13(11)16)14(19)17-9-15(10-20-2)6-3-7-18-15;/h4-5,8,18H,3,6-7,9-10H2,1-2H3,(H,17,19);1H. The number of halogens is 2. The van der Waals surface area contributed by atoms with E-state index < -0.39 is 0 Å². The first-order valence-corrected chi connectivity index (χ1v) is 7.64. The number of carbonyl (C=O) groups is 1. The van der Waals surface area contributed by atoms with Crippen LogP contribution in [0.15, 0.2) is 22.7 Å². The molecule has 0 spiro atoms. The number of hydrogen-bond donors (Lipinski definition) is 2. The van der Waals surface area contributed by atoms with Gasteiger partial charge < -0.3 is 15.4 Å². The van der Waals surface area contributed by atoms with Gasteiger partial charge in [-0.1, -0.05) is 15.9 Å². The molecule has 4 nitrogen and oxygen atoms in total. The van der Waals surface area contributed by atoms with Crippen molar-refractivity contribution in [3.63, 3.8) is 0 Å². The van der Waals surface area contributed by atoms with Gasteiger partial charge in [-0.25, -0.2) is 0 Å². The Morgan fingerprint density at radius 1 is 1.52 bits per heavy atom. The fourth-order valence-electron chi connectivity index (χ4n) is 2.61. The Morgan fingerprint density at radius 2 is 2.29 bits per heavy atom. The number of ether oxygens (including phenoxy) is 1. The molecule has 1 aromatic rings. The van der Waals surface area contributed by atoms with Crippen LogP contribution in [0.1, 0.15) is 28.8 Å². The van der Waals surface area contributed by atoms with Crippen molar-refractivity contribution in [2.45, 2.75) is 25.3 Å². The Balaban J connectivity index is 0.00000220. The molecule has 1 aliphatic heterocycles. The number of carbonyl (C=O) groups excluding carboxylic acids is 1. The highest BCUT2D eigenvalue weighted by molar-refractivity contribution is 9.10. The van der Waals surface area contributed by atoms with Gasteiger partial charge in [-0.05, 0) is 50.1 Å². The van der Waals surface area contributed by atoms with Gasteiger partial charge >= 0.3 is 0 Å². The summed E-state index contributed by atoms with van der Waals surface area (Å²) in [5.41, 5.74) is 1.63. The minimum absolute atomic E-state index is 0. The van der Waals surface area contributed by atoms with Gasteiger partial charge in [0.1, 0.15) is 0 Å². The summed E-state index contributed by atoms with van der Waals surface area (Å²) in [4.78, 5) is 12.2. The molecular weight excluding hydrogens is 356 g/mol. The number of aryl methyl sites for hydroxylation is 1. The Morgan fingerprint density at radius 3 is 2.86 bits per heavy atom. The summed E-state index contributed by atoms with van der Waals surface area (Å²) in [7, 11) is 1.70. The monoisotopic (exact) mass is 376 g/mol. The molecule has 6 heteroatoms. The van der Waals surface area contributed by atoms with E-state index in [4.69, 9.17) is 4.74 Å². The van der Waals surface area contributed by atoms with E-state index in [1.54, 1.807) is 7.11 Å². The first-order valence-electron chi connectivity index (χ1n) is 6.85. The third-order valence-electron chi connectivity index (χ3n) is 3.76. The average Bonchev–Trinajstić information content (AvgIpc) is 2.89. The predicted molar refractivity (Wildman–Crippen MR) is 90.3 cm³/mol. The molecule has 1 heterocycles. The predicted octanol–water partition coefficient (Wildman–Crippen LogP) is 2.68. The normalized spacial score (nSPS) is 20.9. The van der Waals surface area contributed by atoms with Crippen LogP contribution in [0.4, 0.5) is 0 Å². The van der Waals surface area contributed by atoms with Crippen LogP contribution < -0.4 is 10.6 Å². The zero-order valence-corrected chi connectivity index (χ0v) is 14.8. The summed E-state index contributed by atoms with van der Waals surface area (Å²) >= 11 is 3.44. The molecule has 2 rings (SSSR count). The quantitative estimate of drug-likeness (QED) is 0.829. The highest BCUT2D eigenvalue weighted by Crippen LogP contribution is 2.20. The topological polar surface area (TPSA) is 50.4 Å². The Kier molecular flexibility index (Phi) is 7.13. The number of benzene rings is 1. The van der Waals surface area contributed by atoms with Crippen molar-refractivity contribution in [2.24, 2.45) is 0 Å². The first-order chi connectivity index (χ1) is 9.56. The Bertz CT molecular complexity index is 491. The SMILES string of the molecule is COCC1(CNC(=O)c2ccc(Br)c(C)c2)CCCN1.Cl. The number of rotatable bonds is 5. The molecule has 1 saturated heterocycles. The maximum absolute atomic E-state index is 12.2. The molecule has 0 radical (unpaired) electrons. The minimum atomic E-state index is -0.116. The zero-order chi connectivity index (χ0) is 14.6. The summed E-state index contributed by atoms with van der Waals surface area (Å²) < 4.78 is 6.30. The summed E-state index contributed by atoms with van der Waals surface area (Å²) in [6, 6.07) is 5.63. The second kappa shape index (κ2) is 8.13. The van der Waals surface area contributed by atoms with Crippen molar-refractivity contribution in [1.29, 1.82) is 0 Å². The molecule has 1 amide bonds. The lowest BCUT2D eigenvalue weighted by atomic mass is 9.98. The number of hydrogen-bond acceptors (Lipinski definition) is 3. The summed E-state index contributed by atoms with van der Waals surface area (Å²) in [5.74, 6) is -0.0372. The van der Waals surface area contributed by atoms with E-state index in [0.717, 1.165) is 29.4 Å². The van der Waals surface area contributed by atoms with Gasteiger partial charge in [-0.3, -0.25) is 4.79 Å². The smallest absolute Gasteiger partial charge is 0.251 e. The second-order valence-electron chi connectivity index (χ2n) is 5.39. The molecule has 1 fully saturated rings. The molecule has 1 aromatic carbocycles. The lowest BCUT2D eigenvalue weighted by molar-refractivity contribution is 0.0892. The number of nitrogens with one attached hydrogen (secondary N) is 2. The highest BCUT2D eigenvalue weighted by atomic mass is 79.9. The van der Waals surface area contributed by atoms with Crippen LogP contribution in [0.3, 0.4) is 0 Å². The molecular formula is C15H22BrClN2O2. The van der Waals surface area contributed by atoms with Gasteiger partial charge in [0.15, 0.2) is 0 Å². The maximum Gasteiger partial charge on any atom is 0.251 e. The number of amides is 1. The van der Waals surface area contributed by atoms with Crippen molar-refractivity contribution in [2.75, 3.05) is 26.8 Å². The van der Waals surface area contributed by atoms with Crippen LogP contribution in [0.2, 0.25) is 0 Å². The van der Waals surface area contributed by atoms with Gasteiger partial charge in [0.05, 0.1) is 12.1 Å². The molecule has 118 valence electrons. The van der Waals surface area contributed by atoms with Gasteiger partial charge in [0.25, 0.3) is 5.91 Å². The minimum Gasteiger partial charge on any atom is -0.383 e. The summed E-state index contributed by atoms with van der Waals surface area (Å²) in [6.07, 6.45) is 2.15. The lowest BCUT2D eigenvalue weighted by Gasteiger charge is -2.29. The summed E-state index contributed by atoms with van der Waals surface area (Å²) in [6.45, 7) is 4.17. The number of methoxy groups -OCH3 is 1. The molecule has 0 aliphatic carbocycles. The second-order valence-corrected chi connectivity index (χ2v) is 6.24. The van der Waals surface area contributed by atoms with E-state index in [-0.39, 0.29) is 23.9 Å². The first kappa shape index (κ1) is 18.4. The average molecular weight is 378 g/mol. The molecule has 1 atom stereocenters. The molecule has 2 N–H and O–H groups in total. The highest BCUT2D eigenvalue weighted by Gasteiger charge is 2.33. The molecule has 1 aliphatic rings. The van der Waals surface area contributed by atoms with E-state index in [0.29, 0.717) is 18.7 Å². The van der Waals surface area contributed by atoms with Gasteiger partial charge in [0, 0.05) is 23.7 Å². The van der Waals surface area contributed by atoms with E-state index >= 15 is 0 Å². The molecule has 0 bridgehead atoms. The van der Waals surface area contributed by atoms with Gasteiger partial charge in [-0.2, -0.15) is 0 Å². The van der Waals surface area contributed by atoms with Gasteiger partial charge in [-0.15, -0.1) is 12.4 Å². The van der Waals surface area contributed by atoms with Crippen LogP contribution >= 0.6 is 28.3 Å². The molecule has 21 heavy (non-hydrogen) atoms. The van der Waals surface area contributed by atoms with Crippen LogP contribution in [0.25, 0.3) is 0 Å². The van der Waals surface area contributed by atoms with Crippen LogP contribution in [0.5, 0.6) is 0 Å². The largest absolute Gasteiger partial charge is 0.383 e. The third-order valence-corrected chi connectivity index (χ3v) is 4.65. The van der Waals surface area contributed by atoms with Crippen LogP contribution in [-0.4, -0.2) is 38.3 Å². The fraction of sp³-hybridized carbons (Fsp3) is 0.533. The van der Waals surface area contributed by atoms with Crippen molar-refractivity contribution in [1.82, 2.24) is 10.6 Å². The van der Waals surface area contributed by atoms with Crippen molar-refractivity contribution >= 4 is 34.2 Å². The molecule has 0 aromatic heterocycles. The van der Waals surface area contributed by atoms with Crippen molar-refractivity contribution in [3.05, 3.63) is 33.8 Å². The Hall–Kier alpha value is -0.620. The molecule has 1 unspecified atom stereocenters. The van der Waals surface area contributed by atoms with E-state index in [9.17, 15) is 4.79 Å². The third kappa shape index (κ3) is 4.68. The van der Waals surface area contributed by atoms with Crippen molar-refractivity contribution in [3.8, 4) is 0 Å². The zero-order valence-electron chi connectivity index (χ0n) is 12.4. The maximum atomic E-state index is 12.2. The fourth-order valence-corrected chi connectivity index (χ4v) is 2.85. The van der Waals surface area contributed by atoms with Crippen molar-refractivity contribution < 1.29 is 9.53 Å². The van der Waals surface area contributed by atoms with E-state index in [1.165, 1.54) is 0 Å². The molecule has 0 saturated carbocycles.